The molecule has 0 amide bonds. The fraction of sp³-hybridized carbons (Fsp3) is 0.0612. The molecule has 0 N–H and O–H groups in total. The topological polar surface area (TPSA) is 87.2 Å². The second-order valence-electron chi connectivity index (χ2n) is 14.5. The fourth-order valence-corrected chi connectivity index (χ4v) is 8.11. The maximum atomic E-state index is 5.30. The number of fused-ring (bicyclic) bond motifs is 7. The minimum absolute atomic E-state index is 0.371. The molecular formula is C49H34N8. The maximum absolute atomic E-state index is 5.30. The van der Waals surface area contributed by atoms with E-state index in [-0.39, 0.29) is 0 Å². The Morgan fingerprint density at radius 2 is 0.825 bits per heavy atom. The minimum Gasteiger partial charge on any atom is -0.276 e. The van der Waals surface area contributed by atoms with Crippen molar-refractivity contribution in [1.82, 2.24) is 39.0 Å². The van der Waals surface area contributed by atoms with Crippen LogP contribution < -0.4 is 0 Å². The van der Waals surface area contributed by atoms with E-state index in [9.17, 15) is 0 Å². The molecular weight excluding hydrogens is 701 g/mol. The maximum Gasteiger partial charge on any atom is 0.238 e. The van der Waals surface area contributed by atoms with Crippen molar-refractivity contribution in [2.24, 2.45) is 5.92 Å². The second-order valence-corrected chi connectivity index (χ2v) is 14.5. The van der Waals surface area contributed by atoms with Gasteiger partial charge < -0.3 is 0 Å². The normalized spacial score (nSPS) is 14.2. The Kier molecular flexibility index (Phi) is 7.67. The monoisotopic (exact) mass is 734 g/mol. The number of nitrogens with zero attached hydrogens (tertiary/aromatic N) is 8. The van der Waals surface area contributed by atoms with E-state index in [1.165, 1.54) is 0 Å². The van der Waals surface area contributed by atoms with Crippen LogP contribution in [-0.4, -0.2) is 39.0 Å². The summed E-state index contributed by atoms with van der Waals surface area (Å²) in [6.07, 6.45) is 7.57. The highest BCUT2D eigenvalue weighted by atomic mass is 15.2. The van der Waals surface area contributed by atoms with Crippen molar-refractivity contribution in [3.05, 3.63) is 176 Å². The lowest BCUT2D eigenvalue weighted by Gasteiger charge is -2.15. The van der Waals surface area contributed by atoms with Gasteiger partial charge in [-0.2, -0.15) is 19.9 Å². The summed E-state index contributed by atoms with van der Waals surface area (Å²) in [5.41, 5.74) is 7.58. The van der Waals surface area contributed by atoms with Crippen molar-refractivity contribution in [1.29, 1.82) is 0 Å². The summed E-state index contributed by atoms with van der Waals surface area (Å²) >= 11 is 0. The molecule has 10 aromatic rings. The van der Waals surface area contributed by atoms with Gasteiger partial charge in [-0.05, 0) is 24.5 Å². The largest absolute Gasteiger partial charge is 0.276 e. The van der Waals surface area contributed by atoms with E-state index in [0.717, 1.165) is 72.3 Å². The molecule has 4 aromatic heterocycles. The Morgan fingerprint density at radius 1 is 0.421 bits per heavy atom. The number of allylic oxidation sites excluding steroid dienone is 4. The van der Waals surface area contributed by atoms with Crippen LogP contribution >= 0.6 is 0 Å². The summed E-state index contributed by atoms with van der Waals surface area (Å²) in [5, 5.41) is 4.30. The lowest BCUT2D eigenvalue weighted by molar-refractivity contribution is 0.738. The highest BCUT2D eigenvalue weighted by molar-refractivity contribution is 6.23. The van der Waals surface area contributed by atoms with Crippen molar-refractivity contribution < 1.29 is 0 Å². The van der Waals surface area contributed by atoms with Gasteiger partial charge >= 0.3 is 0 Å². The van der Waals surface area contributed by atoms with Crippen LogP contribution in [0.1, 0.15) is 19.2 Å². The van der Waals surface area contributed by atoms with Gasteiger partial charge in [-0.3, -0.25) is 9.13 Å². The standard InChI is InChI=1S/C49H34N8/c1-31-16-15-23-35(30-31)47-51-46(34-21-9-4-10-22-34)54-49(55-47)57-41-27-14-12-25-37(41)39-29-28-38-36-24-11-13-26-40(36)56(42(38)43(39)57)48-52-44(32-17-5-2-6-18-32)50-45(53-48)33-19-7-3-8-20-33/h2-15,17-31H,16H2,1H3. The minimum atomic E-state index is 0.371. The van der Waals surface area contributed by atoms with E-state index in [1.54, 1.807) is 0 Å². The van der Waals surface area contributed by atoms with Crippen LogP contribution in [-0.2, 0) is 0 Å². The molecule has 1 aliphatic carbocycles. The van der Waals surface area contributed by atoms with Crippen LogP contribution in [0, 0.1) is 5.92 Å². The molecule has 0 spiro atoms. The summed E-state index contributed by atoms with van der Waals surface area (Å²) < 4.78 is 4.39. The third kappa shape index (κ3) is 5.53. The summed E-state index contributed by atoms with van der Waals surface area (Å²) in [7, 11) is 0. The van der Waals surface area contributed by atoms with Gasteiger partial charge in [0.05, 0.1) is 22.1 Å². The van der Waals surface area contributed by atoms with Crippen LogP contribution in [0.5, 0.6) is 0 Å². The molecule has 0 aliphatic heterocycles. The Bertz CT molecular complexity index is 3160. The van der Waals surface area contributed by atoms with E-state index in [2.05, 4.69) is 94.9 Å². The van der Waals surface area contributed by atoms with E-state index in [1.807, 2.05) is 91.0 Å². The number of benzene rings is 6. The predicted molar refractivity (Wildman–Crippen MR) is 229 cm³/mol. The highest BCUT2D eigenvalue weighted by Gasteiger charge is 2.25. The summed E-state index contributed by atoms with van der Waals surface area (Å²) in [5.74, 6) is 3.86. The van der Waals surface area contributed by atoms with Gasteiger partial charge in [0.25, 0.3) is 0 Å². The van der Waals surface area contributed by atoms with Gasteiger partial charge in [0.2, 0.25) is 11.9 Å². The van der Waals surface area contributed by atoms with Gasteiger partial charge in [-0.1, -0.05) is 165 Å². The summed E-state index contributed by atoms with van der Waals surface area (Å²) in [6, 6.07) is 51.7. The van der Waals surface area contributed by atoms with Crippen LogP contribution in [0.15, 0.2) is 170 Å². The summed E-state index contributed by atoms with van der Waals surface area (Å²) in [4.78, 5) is 31.2. The van der Waals surface area contributed by atoms with Gasteiger partial charge in [0.1, 0.15) is 0 Å². The number of para-hydroxylation sites is 2. The Labute approximate surface area is 328 Å². The molecule has 0 fully saturated rings. The first-order valence-corrected chi connectivity index (χ1v) is 19.2. The fourth-order valence-electron chi connectivity index (χ4n) is 8.11. The molecule has 0 saturated heterocycles. The van der Waals surface area contributed by atoms with Crippen molar-refractivity contribution in [2.75, 3.05) is 0 Å². The van der Waals surface area contributed by atoms with E-state index >= 15 is 0 Å². The Hall–Kier alpha value is -7.58. The second kappa shape index (κ2) is 13.3. The van der Waals surface area contributed by atoms with Crippen LogP contribution in [0.3, 0.4) is 0 Å². The molecule has 0 saturated carbocycles. The van der Waals surface area contributed by atoms with Gasteiger partial charge in [0.15, 0.2) is 23.3 Å². The average Bonchev–Trinajstić information content (AvgIpc) is 3.80. The van der Waals surface area contributed by atoms with Crippen LogP contribution in [0.25, 0.3) is 95.2 Å². The smallest absolute Gasteiger partial charge is 0.238 e. The molecule has 0 radical (unpaired) electrons. The molecule has 1 aliphatic rings. The SMILES string of the molecule is CC1C=C(c2nc(-c3ccccc3)nc(-n3c4ccccc4c4ccc5c6ccccc6n(-c6nc(-c7ccccc7)nc(-c7ccccc7)n6)c5c43)n2)C=CC1. The number of rotatable bonds is 6. The lowest BCUT2D eigenvalue weighted by atomic mass is 9.97. The van der Waals surface area contributed by atoms with Crippen LogP contribution in [0.2, 0.25) is 0 Å². The molecule has 8 nitrogen and oxygen atoms in total. The van der Waals surface area contributed by atoms with Gasteiger partial charge in [-0.15, -0.1) is 0 Å². The Balaban J connectivity index is 1.28. The number of hydrogen-bond acceptors (Lipinski definition) is 6. The predicted octanol–water partition coefficient (Wildman–Crippen LogP) is 11.2. The van der Waals surface area contributed by atoms with E-state index in [0.29, 0.717) is 41.1 Å². The molecule has 57 heavy (non-hydrogen) atoms. The first-order chi connectivity index (χ1) is 28.2. The molecule has 1 atom stereocenters. The zero-order chi connectivity index (χ0) is 37.9. The zero-order valence-electron chi connectivity index (χ0n) is 31.0. The van der Waals surface area contributed by atoms with Crippen molar-refractivity contribution in [3.63, 3.8) is 0 Å². The first kappa shape index (κ1) is 32.8. The molecule has 11 rings (SSSR count). The van der Waals surface area contributed by atoms with Gasteiger partial charge in [0, 0.05) is 43.8 Å². The molecule has 8 heteroatoms. The van der Waals surface area contributed by atoms with E-state index < -0.39 is 0 Å². The average molecular weight is 735 g/mol. The van der Waals surface area contributed by atoms with Crippen LogP contribution in [0.4, 0.5) is 0 Å². The Morgan fingerprint density at radius 3 is 1.28 bits per heavy atom. The third-order valence-electron chi connectivity index (χ3n) is 10.7. The van der Waals surface area contributed by atoms with Crippen molar-refractivity contribution >= 4 is 49.2 Å². The van der Waals surface area contributed by atoms with Crippen molar-refractivity contribution in [3.8, 4) is 46.1 Å². The molecule has 4 heterocycles. The quantitative estimate of drug-likeness (QED) is 0.169. The summed E-state index contributed by atoms with van der Waals surface area (Å²) in [6.45, 7) is 2.22. The van der Waals surface area contributed by atoms with E-state index in [4.69, 9.17) is 29.9 Å². The number of aromatic nitrogens is 8. The molecule has 0 bridgehead atoms. The lowest BCUT2D eigenvalue weighted by Crippen LogP contribution is -2.10. The number of hydrogen-bond donors (Lipinski definition) is 0. The third-order valence-corrected chi connectivity index (χ3v) is 10.7. The molecule has 1 unspecified atom stereocenters. The molecule has 6 aromatic carbocycles. The molecule has 270 valence electrons. The highest BCUT2D eigenvalue weighted by Crippen LogP contribution is 2.41. The van der Waals surface area contributed by atoms with Gasteiger partial charge in [-0.25, -0.2) is 9.97 Å². The first-order valence-electron chi connectivity index (χ1n) is 19.2. The zero-order valence-corrected chi connectivity index (χ0v) is 31.0. The van der Waals surface area contributed by atoms with Crippen molar-refractivity contribution in [2.45, 2.75) is 13.3 Å².